The third-order valence-corrected chi connectivity index (χ3v) is 1.05. The molecule has 0 aliphatic rings. The zero-order chi connectivity index (χ0) is 7.28. The Morgan fingerprint density at radius 1 is 1.89 bits per heavy atom. The maximum Gasteiger partial charge on any atom is 0.0582 e. The smallest absolute Gasteiger partial charge is 0.0582 e. The molecule has 0 aliphatic carbocycles. The summed E-state index contributed by atoms with van der Waals surface area (Å²) in [6, 6.07) is 0.0977. The lowest BCUT2D eigenvalue weighted by molar-refractivity contribution is 0.255. The van der Waals surface area contributed by atoms with Gasteiger partial charge in [-0.2, -0.15) is 0 Å². The number of rotatable bonds is 4. The molecule has 0 spiro atoms. The Morgan fingerprint density at radius 2 is 2.44 bits per heavy atom. The summed E-state index contributed by atoms with van der Waals surface area (Å²) in [5.41, 5.74) is 0. The van der Waals surface area contributed by atoms with Crippen LogP contribution < -0.4 is 5.32 Å². The van der Waals surface area contributed by atoms with Gasteiger partial charge in [0.25, 0.3) is 0 Å². The molecule has 1 atom stereocenters. The van der Waals surface area contributed by atoms with E-state index in [0.29, 0.717) is 11.6 Å². The van der Waals surface area contributed by atoms with Crippen molar-refractivity contribution in [1.29, 1.82) is 0 Å². The minimum absolute atomic E-state index is 0.0977. The molecule has 2 nitrogen and oxygen atoms in total. The van der Waals surface area contributed by atoms with Crippen LogP contribution in [-0.2, 0) is 0 Å². The molecule has 0 amide bonds. The molecule has 0 bridgehead atoms. The molecule has 2 N–H and O–H groups in total. The standard InChI is InChI=1S/C6H12ClNO/c1-5(7)3-8-6(2)4-9/h6,8-9H,1,3-4H2,2H3. The minimum atomic E-state index is 0.0977. The molecule has 9 heavy (non-hydrogen) atoms. The first-order chi connectivity index (χ1) is 4.16. The predicted molar refractivity (Wildman–Crippen MR) is 39.5 cm³/mol. The summed E-state index contributed by atoms with van der Waals surface area (Å²) in [7, 11) is 0. The van der Waals surface area contributed by atoms with Crippen LogP contribution in [-0.4, -0.2) is 24.3 Å². The summed E-state index contributed by atoms with van der Waals surface area (Å²) in [5, 5.41) is 12.0. The number of hydrogen-bond donors (Lipinski definition) is 2. The molecule has 0 aromatic carbocycles. The van der Waals surface area contributed by atoms with Gasteiger partial charge in [-0.1, -0.05) is 18.2 Å². The Hall–Kier alpha value is -0.0500. The van der Waals surface area contributed by atoms with Crippen molar-refractivity contribution >= 4 is 11.6 Å². The average molecular weight is 150 g/mol. The molecule has 0 saturated heterocycles. The predicted octanol–water partition coefficient (Wildman–Crippen LogP) is 0.709. The molecule has 0 radical (unpaired) electrons. The van der Waals surface area contributed by atoms with Crippen LogP contribution in [0.2, 0.25) is 0 Å². The molecule has 0 saturated carbocycles. The fourth-order valence-corrected chi connectivity index (χ4v) is 0.427. The van der Waals surface area contributed by atoms with Gasteiger partial charge in [-0.25, -0.2) is 0 Å². The van der Waals surface area contributed by atoms with Gasteiger partial charge in [0.05, 0.1) is 6.61 Å². The van der Waals surface area contributed by atoms with Crippen molar-refractivity contribution in [2.45, 2.75) is 13.0 Å². The maximum absolute atomic E-state index is 8.51. The minimum Gasteiger partial charge on any atom is -0.395 e. The van der Waals surface area contributed by atoms with E-state index < -0.39 is 0 Å². The normalized spacial score (nSPS) is 13.2. The Labute approximate surface area is 60.5 Å². The van der Waals surface area contributed by atoms with Crippen LogP contribution in [0, 0.1) is 0 Å². The summed E-state index contributed by atoms with van der Waals surface area (Å²) in [6.07, 6.45) is 0. The largest absolute Gasteiger partial charge is 0.395 e. The van der Waals surface area contributed by atoms with Crippen molar-refractivity contribution in [3.8, 4) is 0 Å². The SMILES string of the molecule is C=C(Cl)CNC(C)CO. The van der Waals surface area contributed by atoms with E-state index in [1.165, 1.54) is 0 Å². The van der Waals surface area contributed by atoms with Crippen LogP contribution >= 0.6 is 11.6 Å². The van der Waals surface area contributed by atoms with Crippen molar-refractivity contribution in [2.24, 2.45) is 0 Å². The summed E-state index contributed by atoms with van der Waals surface area (Å²) in [6.45, 7) is 6.05. The quantitative estimate of drug-likeness (QED) is 0.617. The van der Waals surface area contributed by atoms with E-state index in [-0.39, 0.29) is 12.6 Å². The van der Waals surface area contributed by atoms with Crippen LogP contribution in [0.4, 0.5) is 0 Å². The summed E-state index contributed by atoms with van der Waals surface area (Å²) < 4.78 is 0. The van der Waals surface area contributed by atoms with Gasteiger partial charge in [0, 0.05) is 17.6 Å². The molecule has 3 heteroatoms. The molecule has 0 fully saturated rings. The number of nitrogens with one attached hydrogen (secondary N) is 1. The van der Waals surface area contributed by atoms with Crippen molar-refractivity contribution in [3.63, 3.8) is 0 Å². The van der Waals surface area contributed by atoms with Gasteiger partial charge in [0.1, 0.15) is 0 Å². The third kappa shape index (κ3) is 5.83. The highest BCUT2D eigenvalue weighted by molar-refractivity contribution is 6.29. The van der Waals surface area contributed by atoms with E-state index in [4.69, 9.17) is 16.7 Å². The average Bonchev–Trinajstić information content (AvgIpc) is 1.83. The molecule has 0 rings (SSSR count). The van der Waals surface area contributed by atoms with Gasteiger partial charge in [0.15, 0.2) is 0 Å². The Balaban J connectivity index is 3.16. The highest BCUT2D eigenvalue weighted by atomic mass is 35.5. The van der Waals surface area contributed by atoms with Crippen molar-refractivity contribution in [3.05, 3.63) is 11.6 Å². The summed E-state index contributed by atoms with van der Waals surface area (Å²) >= 11 is 5.44. The van der Waals surface area contributed by atoms with Gasteiger partial charge in [-0.3, -0.25) is 0 Å². The highest BCUT2D eigenvalue weighted by Gasteiger charge is 1.96. The lowest BCUT2D eigenvalue weighted by Gasteiger charge is -2.08. The van der Waals surface area contributed by atoms with Crippen LogP contribution in [0.3, 0.4) is 0 Å². The zero-order valence-corrected chi connectivity index (χ0v) is 6.28. The van der Waals surface area contributed by atoms with E-state index >= 15 is 0 Å². The Kier molecular flexibility index (Phi) is 4.77. The monoisotopic (exact) mass is 149 g/mol. The molecular formula is C6H12ClNO. The van der Waals surface area contributed by atoms with Gasteiger partial charge in [0.2, 0.25) is 0 Å². The summed E-state index contributed by atoms with van der Waals surface area (Å²) in [5.74, 6) is 0. The molecule has 0 aliphatic heterocycles. The van der Waals surface area contributed by atoms with Crippen molar-refractivity contribution < 1.29 is 5.11 Å². The number of aliphatic hydroxyl groups is 1. The van der Waals surface area contributed by atoms with Gasteiger partial charge in [-0.05, 0) is 6.92 Å². The number of aliphatic hydroxyl groups excluding tert-OH is 1. The van der Waals surface area contributed by atoms with Crippen molar-refractivity contribution in [1.82, 2.24) is 5.32 Å². The Bertz CT molecular complexity index is 95.1. The van der Waals surface area contributed by atoms with Crippen LogP contribution in [0.5, 0.6) is 0 Å². The van der Waals surface area contributed by atoms with E-state index in [2.05, 4.69) is 11.9 Å². The van der Waals surface area contributed by atoms with Gasteiger partial charge >= 0.3 is 0 Å². The lowest BCUT2D eigenvalue weighted by Crippen LogP contribution is -2.29. The van der Waals surface area contributed by atoms with Crippen LogP contribution in [0.1, 0.15) is 6.92 Å². The molecule has 1 unspecified atom stereocenters. The highest BCUT2D eigenvalue weighted by Crippen LogP contribution is 1.92. The van der Waals surface area contributed by atoms with E-state index in [0.717, 1.165) is 0 Å². The van der Waals surface area contributed by atoms with Gasteiger partial charge < -0.3 is 10.4 Å². The van der Waals surface area contributed by atoms with Gasteiger partial charge in [-0.15, -0.1) is 0 Å². The lowest BCUT2D eigenvalue weighted by atomic mass is 10.3. The molecular weight excluding hydrogens is 138 g/mol. The topological polar surface area (TPSA) is 32.3 Å². The second-order valence-corrected chi connectivity index (χ2v) is 2.52. The van der Waals surface area contributed by atoms with E-state index in [1.807, 2.05) is 6.92 Å². The fourth-order valence-electron chi connectivity index (χ4n) is 0.350. The van der Waals surface area contributed by atoms with Crippen LogP contribution in [0.25, 0.3) is 0 Å². The van der Waals surface area contributed by atoms with E-state index in [1.54, 1.807) is 0 Å². The number of halogens is 1. The second kappa shape index (κ2) is 4.79. The molecule has 54 valence electrons. The maximum atomic E-state index is 8.51. The first-order valence-electron chi connectivity index (χ1n) is 2.84. The molecule has 0 aromatic heterocycles. The second-order valence-electron chi connectivity index (χ2n) is 1.98. The van der Waals surface area contributed by atoms with E-state index in [9.17, 15) is 0 Å². The first-order valence-corrected chi connectivity index (χ1v) is 3.22. The third-order valence-electron chi connectivity index (χ3n) is 0.916. The number of hydrogen-bond acceptors (Lipinski definition) is 2. The first kappa shape index (κ1) is 8.95. The zero-order valence-electron chi connectivity index (χ0n) is 5.52. The summed E-state index contributed by atoms with van der Waals surface area (Å²) in [4.78, 5) is 0. The molecule has 0 aromatic rings. The van der Waals surface area contributed by atoms with Crippen LogP contribution in [0.15, 0.2) is 11.6 Å². The van der Waals surface area contributed by atoms with Crippen molar-refractivity contribution in [2.75, 3.05) is 13.2 Å². The Morgan fingerprint density at radius 3 is 2.78 bits per heavy atom. The fraction of sp³-hybridized carbons (Fsp3) is 0.667. The molecule has 0 heterocycles.